The zero-order valence-corrected chi connectivity index (χ0v) is 13.1. The Morgan fingerprint density at radius 2 is 2.17 bits per heavy atom. The zero-order valence-electron chi connectivity index (χ0n) is 10.7. The van der Waals surface area contributed by atoms with Crippen molar-refractivity contribution in [3.8, 4) is 0 Å². The first kappa shape index (κ1) is 14.2. The van der Waals surface area contributed by atoms with Crippen LogP contribution in [-0.2, 0) is 4.74 Å². The first-order valence-electron chi connectivity index (χ1n) is 6.61. The van der Waals surface area contributed by atoms with Gasteiger partial charge in [0.05, 0.1) is 0 Å². The van der Waals surface area contributed by atoms with Crippen molar-refractivity contribution in [1.29, 1.82) is 0 Å². The quantitative estimate of drug-likeness (QED) is 0.733. The van der Waals surface area contributed by atoms with Crippen LogP contribution in [0.1, 0.15) is 49.4 Å². The van der Waals surface area contributed by atoms with Crippen molar-refractivity contribution in [2.75, 3.05) is 6.61 Å². The number of Topliss-reactive ketones (excluding diaryl/α,β-unsaturated/α-hetero) is 1. The lowest BCUT2D eigenvalue weighted by molar-refractivity contribution is 0.0126. The van der Waals surface area contributed by atoms with Crippen LogP contribution >= 0.6 is 27.3 Å². The lowest BCUT2D eigenvalue weighted by Gasteiger charge is -2.29. The minimum atomic E-state index is -0.249. The molecule has 0 aromatic carbocycles. The number of hydrogen-bond donors (Lipinski definition) is 0. The molecule has 18 heavy (non-hydrogen) atoms. The monoisotopic (exact) mass is 330 g/mol. The smallest absolute Gasteiger partial charge is 0.193 e. The van der Waals surface area contributed by atoms with Gasteiger partial charge in [-0.1, -0.05) is 19.3 Å². The van der Waals surface area contributed by atoms with E-state index in [0.29, 0.717) is 12.5 Å². The second-order valence-electron chi connectivity index (χ2n) is 4.77. The Bertz CT molecular complexity index is 396. The molecule has 0 spiro atoms. The summed E-state index contributed by atoms with van der Waals surface area (Å²) in [7, 11) is 0. The third-order valence-corrected chi connectivity index (χ3v) is 5.27. The molecule has 0 bridgehead atoms. The second-order valence-corrected chi connectivity index (χ2v) is 6.37. The fraction of sp³-hybridized carbons (Fsp3) is 0.643. The van der Waals surface area contributed by atoms with Gasteiger partial charge in [-0.3, -0.25) is 4.79 Å². The topological polar surface area (TPSA) is 26.3 Å². The van der Waals surface area contributed by atoms with E-state index in [0.717, 1.165) is 22.9 Å². The van der Waals surface area contributed by atoms with Gasteiger partial charge < -0.3 is 4.74 Å². The fourth-order valence-electron chi connectivity index (χ4n) is 2.65. The summed E-state index contributed by atoms with van der Waals surface area (Å²) in [6.07, 6.45) is 5.75. The van der Waals surface area contributed by atoms with Gasteiger partial charge in [-0.25, -0.2) is 0 Å². The van der Waals surface area contributed by atoms with Gasteiger partial charge in [0.15, 0.2) is 5.78 Å². The van der Waals surface area contributed by atoms with E-state index in [1.54, 1.807) is 11.3 Å². The Labute approximate surface area is 121 Å². The molecule has 0 aliphatic heterocycles. The molecule has 0 N–H and O–H groups in total. The van der Waals surface area contributed by atoms with Gasteiger partial charge in [0.1, 0.15) is 6.10 Å². The summed E-state index contributed by atoms with van der Waals surface area (Å²) in [6, 6.07) is 0. The molecule has 1 aromatic heterocycles. The number of ketones is 1. The Hall–Kier alpha value is -0.190. The van der Waals surface area contributed by atoms with E-state index in [1.807, 2.05) is 17.7 Å². The number of thiophene rings is 1. The highest BCUT2D eigenvalue weighted by Gasteiger charge is 2.31. The molecular formula is C14H19BrO2S. The van der Waals surface area contributed by atoms with Crippen LogP contribution in [0.2, 0.25) is 0 Å². The van der Waals surface area contributed by atoms with Crippen molar-refractivity contribution >= 4 is 33.0 Å². The van der Waals surface area contributed by atoms with E-state index in [1.165, 1.54) is 19.3 Å². The molecule has 1 unspecified atom stereocenters. The first-order valence-corrected chi connectivity index (χ1v) is 8.35. The Morgan fingerprint density at radius 1 is 1.44 bits per heavy atom. The Morgan fingerprint density at radius 3 is 2.72 bits per heavy atom. The van der Waals surface area contributed by atoms with E-state index >= 15 is 0 Å². The van der Waals surface area contributed by atoms with E-state index in [2.05, 4.69) is 15.9 Å². The molecule has 2 rings (SSSR count). The maximum atomic E-state index is 12.6. The van der Waals surface area contributed by atoms with Gasteiger partial charge in [-0.2, -0.15) is 11.3 Å². The molecule has 1 saturated carbocycles. The molecule has 4 heteroatoms. The number of hydrogen-bond acceptors (Lipinski definition) is 3. The molecule has 100 valence electrons. The summed E-state index contributed by atoms with van der Waals surface area (Å²) < 4.78 is 6.66. The summed E-state index contributed by atoms with van der Waals surface area (Å²) in [6.45, 7) is 2.57. The normalized spacial score (nSPS) is 18.8. The highest BCUT2D eigenvalue weighted by Crippen LogP contribution is 2.32. The minimum Gasteiger partial charge on any atom is -0.370 e. The molecule has 2 nitrogen and oxygen atoms in total. The molecule has 1 atom stereocenters. The number of rotatable bonds is 5. The van der Waals surface area contributed by atoms with Crippen LogP contribution in [0.4, 0.5) is 0 Å². The molecule has 0 amide bonds. The molecule has 1 aliphatic rings. The molecule has 0 saturated heterocycles. The first-order chi connectivity index (χ1) is 8.74. The highest BCUT2D eigenvalue weighted by molar-refractivity contribution is 9.10. The van der Waals surface area contributed by atoms with Gasteiger partial charge in [-0.05, 0) is 41.6 Å². The maximum absolute atomic E-state index is 12.6. The van der Waals surface area contributed by atoms with Crippen molar-refractivity contribution in [2.24, 2.45) is 5.92 Å². The summed E-state index contributed by atoms with van der Waals surface area (Å²) >= 11 is 5.00. The number of carbonyl (C=O) groups is 1. The zero-order chi connectivity index (χ0) is 13.0. The van der Waals surface area contributed by atoms with Gasteiger partial charge in [0.25, 0.3) is 0 Å². The van der Waals surface area contributed by atoms with Crippen LogP contribution < -0.4 is 0 Å². The lowest BCUT2D eigenvalue weighted by Crippen LogP contribution is -2.34. The molecule has 1 fully saturated rings. The average Bonchev–Trinajstić information content (AvgIpc) is 2.82. The van der Waals surface area contributed by atoms with Crippen molar-refractivity contribution < 1.29 is 9.53 Å². The SMILES string of the molecule is CCOC(C(=O)c1cscc1Br)C1CCCCC1. The summed E-state index contributed by atoms with van der Waals surface area (Å²) in [5, 5.41) is 3.87. The van der Waals surface area contributed by atoms with Gasteiger partial charge in [0, 0.05) is 27.4 Å². The molecule has 1 heterocycles. The minimum absolute atomic E-state index is 0.150. The Balaban J connectivity index is 2.13. The second kappa shape index (κ2) is 6.83. The van der Waals surface area contributed by atoms with Gasteiger partial charge in [-0.15, -0.1) is 0 Å². The average molecular weight is 331 g/mol. The van der Waals surface area contributed by atoms with Crippen LogP contribution in [0.15, 0.2) is 15.2 Å². The number of carbonyl (C=O) groups excluding carboxylic acids is 1. The van der Waals surface area contributed by atoms with Crippen LogP contribution in [0, 0.1) is 5.92 Å². The summed E-state index contributed by atoms with van der Waals surface area (Å²) in [4.78, 5) is 12.6. The highest BCUT2D eigenvalue weighted by atomic mass is 79.9. The summed E-state index contributed by atoms with van der Waals surface area (Å²) in [5.74, 6) is 0.551. The third-order valence-electron chi connectivity index (χ3n) is 3.56. The van der Waals surface area contributed by atoms with Crippen molar-refractivity contribution in [1.82, 2.24) is 0 Å². The van der Waals surface area contributed by atoms with E-state index in [4.69, 9.17) is 4.74 Å². The van der Waals surface area contributed by atoms with E-state index in [-0.39, 0.29) is 11.9 Å². The van der Waals surface area contributed by atoms with E-state index < -0.39 is 0 Å². The van der Waals surface area contributed by atoms with E-state index in [9.17, 15) is 4.79 Å². The maximum Gasteiger partial charge on any atom is 0.193 e. The summed E-state index contributed by atoms with van der Waals surface area (Å²) in [5.41, 5.74) is 0.782. The largest absolute Gasteiger partial charge is 0.370 e. The molecule has 0 radical (unpaired) electrons. The van der Waals surface area contributed by atoms with Crippen molar-refractivity contribution in [2.45, 2.75) is 45.1 Å². The molecule has 1 aliphatic carbocycles. The number of ether oxygens (including phenoxy) is 1. The third kappa shape index (κ3) is 3.22. The Kier molecular flexibility index (Phi) is 5.39. The number of halogens is 1. The van der Waals surface area contributed by atoms with Crippen molar-refractivity contribution in [3.63, 3.8) is 0 Å². The standard InChI is InChI=1S/C14H19BrO2S/c1-2-17-14(10-6-4-3-5-7-10)13(16)11-8-18-9-12(11)15/h8-10,14H,2-7H2,1H3. The van der Waals surface area contributed by atoms with Gasteiger partial charge >= 0.3 is 0 Å². The predicted octanol–water partition coefficient (Wildman–Crippen LogP) is 4.68. The van der Waals surface area contributed by atoms with Crippen molar-refractivity contribution in [3.05, 3.63) is 20.8 Å². The van der Waals surface area contributed by atoms with Crippen LogP contribution in [0.25, 0.3) is 0 Å². The molecule has 1 aromatic rings. The molecular weight excluding hydrogens is 312 g/mol. The van der Waals surface area contributed by atoms with Crippen LogP contribution in [0.5, 0.6) is 0 Å². The predicted molar refractivity (Wildman–Crippen MR) is 78.3 cm³/mol. The lowest BCUT2D eigenvalue weighted by atomic mass is 9.83. The van der Waals surface area contributed by atoms with Gasteiger partial charge in [0.2, 0.25) is 0 Å². The fourth-order valence-corrected chi connectivity index (χ4v) is 4.13. The van der Waals surface area contributed by atoms with Crippen LogP contribution in [0.3, 0.4) is 0 Å². The van der Waals surface area contributed by atoms with Crippen LogP contribution in [-0.4, -0.2) is 18.5 Å².